The van der Waals surface area contributed by atoms with Crippen LogP contribution >= 0.6 is 11.3 Å². The molecule has 108 valence electrons. The summed E-state index contributed by atoms with van der Waals surface area (Å²) in [6.07, 6.45) is 4.86. The smallest absolute Gasteiger partial charge is 0.321 e. The maximum Gasteiger partial charge on any atom is 0.321 e. The van der Waals surface area contributed by atoms with Crippen LogP contribution in [-0.2, 0) is 4.79 Å². The third-order valence-electron chi connectivity index (χ3n) is 3.43. The van der Waals surface area contributed by atoms with Crippen LogP contribution < -0.4 is 16.0 Å². The molecule has 8 heteroatoms. The zero-order valence-electron chi connectivity index (χ0n) is 11.0. The second-order valence-corrected chi connectivity index (χ2v) is 6.17. The van der Waals surface area contributed by atoms with Crippen LogP contribution in [-0.4, -0.2) is 34.7 Å². The largest absolute Gasteiger partial charge is 0.354 e. The van der Waals surface area contributed by atoms with E-state index < -0.39 is 12.1 Å². The van der Waals surface area contributed by atoms with Gasteiger partial charge in [0.25, 0.3) is 0 Å². The standard InChI is InChI=1S/C12H17N5O2S/c18-9-8(3-1-2-6-13-9)14-11(19)15-12-17-16-10(20-12)7-4-5-7/h7-8H,1-6H2,(H,13,18)(H2,14,15,17,19)/t8-/m1/s1. The highest BCUT2D eigenvalue weighted by molar-refractivity contribution is 7.15. The lowest BCUT2D eigenvalue weighted by molar-refractivity contribution is -0.122. The monoisotopic (exact) mass is 295 g/mol. The zero-order chi connectivity index (χ0) is 13.9. The van der Waals surface area contributed by atoms with Crippen molar-refractivity contribution in [2.75, 3.05) is 11.9 Å². The molecule has 0 bridgehead atoms. The molecular formula is C12H17N5O2S. The van der Waals surface area contributed by atoms with Crippen LogP contribution in [0.2, 0.25) is 0 Å². The third-order valence-corrected chi connectivity index (χ3v) is 4.43. The molecule has 0 aromatic carbocycles. The maximum absolute atomic E-state index is 11.9. The first kappa shape index (κ1) is 13.3. The summed E-state index contributed by atoms with van der Waals surface area (Å²) in [6.45, 7) is 0.680. The molecule has 0 spiro atoms. The normalized spacial score (nSPS) is 22.8. The SMILES string of the molecule is O=C(Nc1nnc(C2CC2)s1)N[C@@H]1CCCCNC1=O. The van der Waals surface area contributed by atoms with Gasteiger partial charge in [0.15, 0.2) is 0 Å². The topological polar surface area (TPSA) is 96.0 Å². The van der Waals surface area contributed by atoms with Crippen LogP contribution in [0.15, 0.2) is 0 Å². The number of nitrogens with zero attached hydrogens (tertiary/aromatic N) is 2. The molecule has 0 unspecified atom stereocenters. The maximum atomic E-state index is 11.9. The van der Waals surface area contributed by atoms with Gasteiger partial charge in [-0.25, -0.2) is 4.79 Å². The summed E-state index contributed by atoms with van der Waals surface area (Å²) in [6, 6.07) is -0.862. The van der Waals surface area contributed by atoms with E-state index in [1.165, 1.54) is 11.3 Å². The molecule has 0 radical (unpaired) electrons. The number of anilines is 1. The van der Waals surface area contributed by atoms with Crippen molar-refractivity contribution in [3.8, 4) is 0 Å². The minimum absolute atomic E-state index is 0.117. The van der Waals surface area contributed by atoms with Crippen LogP contribution in [0.5, 0.6) is 0 Å². The van der Waals surface area contributed by atoms with Crippen LogP contribution in [0, 0.1) is 0 Å². The van der Waals surface area contributed by atoms with Crippen molar-refractivity contribution in [2.24, 2.45) is 0 Å². The Hall–Kier alpha value is -1.70. The van der Waals surface area contributed by atoms with E-state index in [2.05, 4.69) is 26.1 Å². The first-order valence-electron chi connectivity index (χ1n) is 6.91. The molecule has 7 nitrogen and oxygen atoms in total. The lowest BCUT2D eigenvalue weighted by Gasteiger charge is -2.14. The van der Waals surface area contributed by atoms with Gasteiger partial charge in [-0.2, -0.15) is 0 Å². The van der Waals surface area contributed by atoms with E-state index in [0.29, 0.717) is 24.0 Å². The van der Waals surface area contributed by atoms with Gasteiger partial charge in [-0.3, -0.25) is 10.1 Å². The number of hydrogen-bond acceptors (Lipinski definition) is 5. The van der Waals surface area contributed by atoms with E-state index in [1.807, 2.05) is 0 Å². The van der Waals surface area contributed by atoms with Gasteiger partial charge in [-0.15, -0.1) is 10.2 Å². The highest BCUT2D eigenvalue weighted by Crippen LogP contribution is 2.41. The van der Waals surface area contributed by atoms with Crippen molar-refractivity contribution in [1.29, 1.82) is 0 Å². The minimum Gasteiger partial charge on any atom is -0.354 e. The number of carbonyl (C=O) groups is 2. The van der Waals surface area contributed by atoms with Crippen molar-refractivity contribution in [3.63, 3.8) is 0 Å². The molecule has 2 aliphatic rings. The summed E-state index contributed by atoms with van der Waals surface area (Å²) in [5, 5.41) is 17.6. The second kappa shape index (κ2) is 5.74. The number of amides is 3. The van der Waals surface area contributed by atoms with Gasteiger partial charge < -0.3 is 10.6 Å². The number of aromatic nitrogens is 2. The Morgan fingerprint density at radius 2 is 2.10 bits per heavy atom. The van der Waals surface area contributed by atoms with Crippen LogP contribution in [0.1, 0.15) is 43.0 Å². The molecule has 2 fully saturated rings. The Labute approximate surface area is 120 Å². The second-order valence-electron chi connectivity index (χ2n) is 5.16. The van der Waals surface area contributed by atoms with Crippen molar-refractivity contribution >= 4 is 28.4 Å². The van der Waals surface area contributed by atoms with Gasteiger partial charge >= 0.3 is 6.03 Å². The van der Waals surface area contributed by atoms with Crippen LogP contribution in [0.4, 0.5) is 9.93 Å². The Bertz CT molecular complexity index is 514. The number of carbonyl (C=O) groups excluding carboxylic acids is 2. The first-order chi connectivity index (χ1) is 9.72. The summed E-state index contributed by atoms with van der Waals surface area (Å²) in [5.74, 6) is 0.410. The Balaban J connectivity index is 1.53. The summed E-state index contributed by atoms with van der Waals surface area (Å²) >= 11 is 1.40. The van der Waals surface area contributed by atoms with Crippen molar-refractivity contribution < 1.29 is 9.59 Å². The molecule has 3 rings (SSSR count). The van der Waals surface area contributed by atoms with E-state index in [4.69, 9.17) is 0 Å². The summed E-state index contributed by atoms with van der Waals surface area (Å²) in [7, 11) is 0. The molecule has 1 saturated carbocycles. The fourth-order valence-electron chi connectivity index (χ4n) is 2.15. The fraction of sp³-hybridized carbons (Fsp3) is 0.667. The Kier molecular flexibility index (Phi) is 3.81. The quantitative estimate of drug-likeness (QED) is 0.781. The number of hydrogen-bond donors (Lipinski definition) is 3. The van der Waals surface area contributed by atoms with Gasteiger partial charge in [0, 0.05) is 12.5 Å². The molecule has 1 aliphatic heterocycles. The van der Waals surface area contributed by atoms with Crippen molar-refractivity contribution in [2.45, 2.75) is 44.1 Å². The zero-order valence-corrected chi connectivity index (χ0v) is 11.8. The van der Waals surface area contributed by atoms with Crippen LogP contribution in [0.25, 0.3) is 0 Å². The highest BCUT2D eigenvalue weighted by atomic mass is 32.1. The molecule has 3 N–H and O–H groups in total. The van der Waals surface area contributed by atoms with Gasteiger partial charge in [0.2, 0.25) is 11.0 Å². The molecule has 2 heterocycles. The molecular weight excluding hydrogens is 278 g/mol. The van der Waals surface area contributed by atoms with Gasteiger partial charge in [0.1, 0.15) is 11.0 Å². The third kappa shape index (κ3) is 3.24. The van der Waals surface area contributed by atoms with Gasteiger partial charge in [0.05, 0.1) is 0 Å². The average Bonchev–Trinajstić information content (AvgIpc) is 3.20. The molecule has 1 aromatic heterocycles. The summed E-state index contributed by atoms with van der Waals surface area (Å²) < 4.78 is 0. The summed E-state index contributed by atoms with van der Waals surface area (Å²) in [4.78, 5) is 23.6. The van der Waals surface area contributed by atoms with Gasteiger partial charge in [-0.1, -0.05) is 11.3 Å². The molecule has 1 aliphatic carbocycles. The van der Waals surface area contributed by atoms with Crippen molar-refractivity contribution in [1.82, 2.24) is 20.8 Å². The molecule has 3 amide bonds. The Morgan fingerprint density at radius 1 is 1.25 bits per heavy atom. The Morgan fingerprint density at radius 3 is 2.90 bits per heavy atom. The lowest BCUT2D eigenvalue weighted by atomic mass is 10.1. The predicted octanol–water partition coefficient (Wildman–Crippen LogP) is 1.21. The summed E-state index contributed by atoms with van der Waals surface area (Å²) in [5.41, 5.74) is 0. The molecule has 20 heavy (non-hydrogen) atoms. The van der Waals surface area contributed by atoms with E-state index >= 15 is 0 Å². The average molecular weight is 295 g/mol. The first-order valence-corrected chi connectivity index (χ1v) is 7.72. The van der Waals surface area contributed by atoms with Crippen LogP contribution in [0.3, 0.4) is 0 Å². The number of nitrogens with one attached hydrogen (secondary N) is 3. The van der Waals surface area contributed by atoms with E-state index in [-0.39, 0.29) is 5.91 Å². The molecule has 1 atom stereocenters. The highest BCUT2D eigenvalue weighted by Gasteiger charge is 2.28. The van der Waals surface area contributed by atoms with E-state index in [0.717, 1.165) is 30.7 Å². The van der Waals surface area contributed by atoms with E-state index in [9.17, 15) is 9.59 Å². The van der Waals surface area contributed by atoms with Crippen molar-refractivity contribution in [3.05, 3.63) is 5.01 Å². The molecule has 1 saturated heterocycles. The minimum atomic E-state index is -0.465. The molecule has 1 aromatic rings. The van der Waals surface area contributed by atoms with Gasteiger partial charge in [-0.05, 0) is 32.1 Å². The predicted molar refractivity (Wildman–Crippen MR) is 74.7 cm³/mol. The van der Waals surface area contributed by atoms with E-state index in [1.54, 1.807) is 0 Å². The number of urea groups is 1. The fourth-order valence-corrected chi connectivity index (χ4v) is 3.06. The lowest BCUT2D eigenvalue weighted by Crippen LogP contribution is -2.46. The number of rotatable bonds is 3.